The van der Waals surface area contributed by atoms with E-state index in [-0.39, 0.29) is 10.8 Å². The Labute approximate surface area is 134 Å². The molecule has 0 saturated carbocycles. The fourth-order valence-corrected chi connectivity index (χ4v) is 2.52. The summed E-state index contributed by atoms with van der Waals surface area (Å²) in [6, 6.07) is 7.44. The Morgan fingerprint density at radius 2 is 2.05 bits per heavy atom. The first-order valence-electron chi connectivity index (χ1n) is 5.64. The van der Waals surface area contributed by atoms with E-state index in [0.29, 0.717) is 16.3 Å². The number of nitrogens with one attached hydrogen (secondary N) is 1. The van der Waals surface area contributed by atoms with Crippen molar-refractivity contribution < 1.29 is 9.18 Å². The fourth-order valence-electron chi connectivity index (χ4n) is 1.59. The van der Waals surface area contributed by atoms with Gasteiger partial charge in [0.15, 0.2) is 0 Å². The first kappa shape index (κ1) is 15.4. The van der Waals surface area contributed by atoms with Gasteiger partial charge in [-0.15, -0.1) is 12.6 Å². The van der Waals surface area contributed by atoms with E-state index in [9.17, 15) is 9.18 Å². The van der Waals surface area contributed by atoms with Gasteiger partial charge in [-0.2, -0.15) is 0 Å². The van der Waals surface area contributed by atoms with Crippen molar-refractivity contribution in [2.24, 2.45) is 0 Å². The van der Waals surface area contributed by atoms with E-state index in [1.807, 2.05) is 13.0 Å². The first-order chi connectivity index (χ1) is 9.38. The van der Waals surface area contributed by atoms with Gasteiger partial charge in [0.2, 0.25) is 0 Å². The Bertz CT molecular complexity index is 693. The second-order valence-electron chi connectivity index (χ2n) is 4.20. The Morgan fingerprint density at radius 1 is 1.35 bits per heavy atom. The molecular formula is C14H10BrClFNOS. The lowest BCUT2D eigenvalue weighted by Crippen LogP contribution is -2.12. The highest BCUT2D eigenvalue weighted by molar-refractivity contribution is 9.10. The van der Waals surface area contributed by atoms with Gasteiger partial charge in [0.1, 0.15) is 5.82 Å². The van der Waals surface area contributed by atoms with Crippen LogP contribution in [0.1, 0.15) is 15.9 Å². The number of anilines is 1. The maximum Gasteiger partial charge on any atom is 0.255 e. The molecule has 0 spiro atoms. The molecule has 0 aliphatic carbocycles. The van der Waals surface area contributed by atoms with Crippen LogP contribution in [0.2, 0.25) is 5.02 Å². The van der Waals surface area contributed by atoms with Gasteiger partial charge in [-0.05, 0) is 58.7 Å². The number of carbonyl (C=O) groups excluding carboxylic acids is 1. The number of rotatable bonds is 2. The van der Waals surface area contributed by atoms with Gasteiger partial charge in [0.25, 0.3) is 5.91 Å². The first-order valence-corrected chi connectivity index (χ1v) is 7.26. The third-order valence-electron chi connectivity index (χ3n) is 2.70. The number of thiol groups is 1. The highest BCUT2D eigenvalue weighted by Crippen LogP contribution is 2.29. The van der Waals surface area contributed by atoms with Crippen molar-refractivity contribution in [3.63, 3.8) is 0 Å². The number of carbonyl (C=O) groups is 1. The minimum absolute atomic E-state index is 0.124. The minimum Gasteiger partial charge on any atom is -0.321 e. The number of amides is 1. The van der Waals surface area contributed by atoms with Gasteiger partial charge in [0.05, 0.1) is 5.69 Å². The van der Waals surface area contributed by atoms with Crippen molar-refractivity contribution in [1.29, 1.82) is 0 Å². The molecule has 2 rings (SSSR count). The van der Waals surface area contributed by atoms with Gasteiger partial charge >= 0.3 is 0 Å². The molecule has 104 valence electrons. The molecule has 0 atom stereocenters. The lowest BCUT2D eigenvalue weighted by atomic mass is 10.2. The summed E-state index contributed by atoms with van der Waals surface area (Å²) < 4.78 is 13.8. The quantitative estimate of drug-likeness (QED) is 0.704. The van der Waals surface area contributed by atoms with Crippen molar-refractivity contribution >= 4 is 51.8 Å². The van der Waals surface area contributed by atoms with Crippen molar-refractivity contribution in [2.75, 3.05) is 5.32 Å². The van der Waals surface area contributed by atoms with Crippen LogP contribution in [0.25, 0.3) is 0 Å². The molecule has 0 bridgehead atoms. The van der Waals surface area contributed by atoms with Crippen LogP contribution < -0.4 is 5.32 Å². The van der Waals surface area contributed by atoms with Crippen LogP contribution in [0.5, 0.6) is 0 Å². The van der Waals surface area contributed by atoms with Crippen LogP contribution in [0.3, 0.4) is 0 Å². The van der Waals surface area contributed by atoms with E-state index in [0.717, 1.165) is 10.0 Å². The Hall–Kier alpha value is -1.04. The van der Waals surface area contributed by atoms with Crippen molar-refractivity contribution in [1.82, 2.24) is 0 Å². The normalized spacial score (nSPS) is 10.4. The standard InChI is InChI=1S/C14H10BrClFNOS/c1-7-4-9(15)12(6-10(7)16)18-14(19)8-2-3-11(17)13(20)5-8/h2-6,20H,1H3,(H,18,19). The Balaban J connectivity index is 2.27. The van der Waals surface area contributed by atoms with E-state index < -0.39 is 5.82 Å². The van der Waals surface area contributed by atoms with Crippen LogP contribution in [-0.4, -0.2) is 5.91 Å². The zero-order valence-corrected chi connectivity index (χ0v) is 13.6. The zero-order valence-electron chi connectivity index (χ0n) is 10.4. The van der Waals surface area contributed by atoms with Crippen LogP contribution in [0.15, 0.2) is 39.7 Å². The van der Waals surface area contributed by atoms with Gasteiger partial charge in [-0.25, -0.2) is 4.39 Å². The molecule has 0 aromatic heterocycles. The predicted molar refractivity (Wildman–Crippen MR) is 85.5 cm³/mol. The van der Waals surface area contributed by atoms with E-state index in [1.54, 1.807) is 6.07 Å². The number of aryl methyl sites for hydroxylation is 1. The average Bonchev–Trinajstić information content (AvgIpc) is 2.39. The smallest absolute Gasteiger partial charge is 0.255 e. The zero-order chi connectivity index (χ0) is 14.9. The van der Waals surface area contributed by atoms with Gasteiger partial charge in [-0.1, -0.05) is 11.6 Å². The lowest BCUT2D eigenvalue weighted by molar-refractivity contribution is 0.102. The summed E-state index contributed by atoms with van der Waals surface area (Å²) >= 11 is 13.3. The predicted octanol–water partition coefficient (Wildman–Crippen LogP) is 5.09. The molecule has 1 amide bonds. The molecule has 0 saturated heterocycles. The summed E-state index contributed by atoms with van der Waals surface area (Å²) in [5.41, 5.74) is 1.77. The molecule has 0 aliphatic heterocycles. The van der Waals surface area contributed by atoms with Gasteiger partial charge < -0.3 is 5.32 Å². The SMILES string of the molecule is Cc1cc(Br)c(NC(=O)c2ccc(F)c(S)c2)cc1Cl. The fraction of sp³-hybridized carbons (Fsp3) is 0.0714. The largest absolute Gasteiger partial charge is 0.321 e. The summed E-state index contributed by atoms with van der Waals surface area (Å²) in [5.74, 6) is -0.828. The molecule has 0 heterocycles. The maximum absolute atomic E-state index is 13.1. The molecule has 0 unspecified atom stereocenters. The second kappa shape index (κ2) is 6.16. The van der Waals surface area contributed by atoms with Gasteiger partial charge in [-0.3, -0.25) is 4.79 Å². The third-order valence-corrected chi connectivity index (χ3v) is 4.11. The van der Waals surface area contributed by atoms with E-state index in [2.05, 4.69) is 33.9 Å². The third kappa shape index (κ3) is 3.34. The molecule has 2 aromatic carbocycles. The summed E-state index contributed by atoms with van der Waals surface area (Å²) in [7, 11) is 0. The van der Waals surface area contributed by atoms with Crippen molar-refractivity contribution in [3.05, 3.63) is 56.8 Å². The highest BCUT2D eigenvalue weighted by atomic mass is 79.9. The number of hydrogen-bond donors (Lipinski definition) is 2. The molecule has 20 heavy (non-hydrogen) atoms. The van der Waals surface area contributed by atoms with E-state index in [1.165, 1.54) is 18.2 Å². The number of benzene rings is 2. The summed E-state index contributed by atoms with van der Waals surface area (Å²) in [5, 5.41) is 3.27. The number of halogens is 3. The maximum atomic E-state index is 13.1. The van der Waals surface area contributed by atoms with E-state index in [4.69, 9.17) is 11.6 Å². The molecule has 0 fully saturated rings. The van der Waals surface area contributed by atoms with Gasteiger partial charge in [0, 0.05) is 20.0 Å². The molecule has 6 heteroatoms. The van der Waals surface area contributed by atoms with Crippen molar-refractivity contribution in [2.45, 2.75) is 11.8 Å². The highest BCUT2D eigenvalue weighted by Gasteiger charge is 2.11. The molecule has 1 N–H and O–H groups in total. The summed E-state index contributed by atoms with van der Waals surface area (Å²) in [4.78, 5) is 12.2. The average molecular weight is 375 g/mol. The minimum atomic E-state index is -0.468. The molecule has 0 radical (unpaired) electrons. The molecular weight excluding hydrogens is 365 g/mol. The Kier molecular flexibility index (Phi) is 4.73. The van der Waals surface area contributed by atoms with Crippen molar-refractivity contribution in [3.8, 4) is 0 Å². The summed E-state index contributed by atoms with van der Waals surface area (Å²) in [6.07, 6.45) is 0. The lowest BCUT2D eigenvalue weighted by Gasteiger charge is -2.10. The van der Waals surface area contributed by atoms with Crippen LogP contribution in [-0.2, 0) is 0 Å². The Morgan fingerprint density at radius 3 is 2.70 bits per heavy atom. The topological polar surface area (TPSA) is 29.1 Å². The van der Waals surface area contributed by atoms with Crippen LogP contribution >= 0.6 is 40.2 Å². The number of hydrogen-bond acceptors (Lipinski definition) is 2. The van der Waals surface area contributed by atoms with Crippen LogP contribution in [0, 0.1) is 12.7 Å². The second-order valence-corrected chi connectivity index (χ2v) is 5.94. The molecule has 0 aliphatic rings. The van der Waals surface area contributed by atoms with Crippen LogP contribution in [0.4, 0.5) is 10.1 Å². The summed E-state index contributed by atoms with van der Waals surface area (Å²) in [6.45, 7) is 1.87. The van der Waals surface area contributed by atoms with E-state index >= 15 is 0 Å². The molecule has 2 aromatic rings. The molecule has 2 nitrogen and oxygen atoms in total. The monoisotopic (exact) mass is 373 g/mol.